The highest BCUT2D eigenvalue weighted by atomic mass is 32.2. The van der Waals surface area contributed by atoms with Gasteiger partial charge in [-0.2, -0.15) is 8.42 Å². The standard InChI is InChI=1S/C18H19N5O2S/c1-19-9-13-7-17(15-3-4-16-14(8-15)5-6-20-16)23(10-13)26(24,25)18-11-22(2)12-21-18/h3-8,10-12,19-20H,9H2,1-2H3. The molecule has 0 unspecified atom stereocenters. The van der Waals surface area contributed by atoms with Gasteiger partial charge >= 0.3 is 0 Å². The molecule has 4 aromatic rings. The summed E-state index contributed by atoms with van der Waals surface area (Å²) in [5.74, 6) is 0. The predicted octanol–water partition coefficient (Wildman–Crippen LogP) is 2.33. The van der Waals surface area contributed by atoms with Gasteiger partial charge < -0.3 is 14.9 Å². The molecular formula is C18H19N5O2S. The number of hydrogen-bond acceptors (Lipinski definition) is 4. The Hall–Kier alpha value is -2.84. The molecule has 0 aliphatic rings. The van der Waals surface area contributed by atoms with Crippen molar-refractivity contribution in [1.82, 2.24) is 23.8 Å². The van der Waals surface area contributed by atoms with Crippen LogP contribution in [0.3, 0.4) is 0 Å². The van der Waals surface area contributed by atoms with E-state index < -0.39 is 10.0 Å². The van der Waals surface area contributed by atoms with Gasteiger partial charge in [-0.25, -0.2) is 8.96 Å². The van der Waals surface area contributed by atoms with Gasteiger partial charge in [0.1, 0.15) is 0 Å². The van der Waals surface area contributed by atoms with Crippen molar-refractivity contribution in [3.8, 4) is 11.3 Å². The number of H-pyrrole nitrogens is 1. The molecule has 0 amide bonds. The molecule has 1 aromatic carbocycles. The molecule has 0 radical (unpaired) electrons. The Bertz CT molecular complexity index is 1180. The summed E-state index contributed by atoms with van der Waals surface area (Å²) in [5, 5.41) is 4.12. The van der Waals surface area contributed by atoms with E-state index in [4.69, 9.17) is 0 Å². The lowest BCUT2D eigenvalue weighted by Gasteiger charge is -2.09. The van der Waals surface area contributed by atoms with Gasteiger partial charge in [0.15, 0.2) is 5.03 Å². The zero-order chi connectivity index (χ0) is 18.3. The van der Waals surface area contributed by atoms with Crippen LogP contribution < -0.4 is 5.32 Å². The van der Waals surface area contributed by atoms with Crippen LogP contribution in [0, 0.1) is 0 Å². The van der Waals surface area contributed by atoms with Crippen molar-refractivity contribution < 1.29 is 8.42 Å². The van der Waals surface area contributed by atoms with Gasteiger partial charge in [-0.3, -0.25) is 0 Å². The van der Waals surface area contributed by atoms with Crippen LogP contribution in [-0.4, -0.2) is 34.0 Å². The number of aromatic nitrogens is 4. The number of nitrogens with one attached hydrogen (secondary N) is 2. The fourth-order valence-corrected chi connectivity index (χ4v) is 4.41. The first kappa shape index (κ1) is 16.6. The zero-order valence-corrected chi connectivity index (χ0v) is 15.3. The lowest BCUT2D eigenvalue weighted by atomic mass is 10.1. The highest BCUT2D eigenvalue weighted by molar-refractivity contribution is 7.90. The van der Waals surface area contributed by atoms with Crippen LogP contribution in [0.2, 0.25) is 0 Å². The van der Waals surface area contributed by atoms with Gasteiger partial charge in [-0.05, 0) is 42.4 Å². The molecule has 2 N–H and O–H groups in total. The number of aryl methyl sites for hydroxylation is 1. The van der Waals surface area contributed by atoms with Crippen molar-refractivity contribution in [1.29, 1.82) is 0 Å². The average Bonchev–Trinajstić information content (AvgIpc) is 3.33. The van der Waals surface area contributed by atoms with Crippen LogP contribution >= 0.6 is 0 Å². The maximum Gasteiger partial charge on any atom is 0.287 e. The van der Waals surface area contributed by atoms with Gasteiger partial charge in [0, 0.05) is 43.1 Å². The fourth-order valence-electron chi connectivity index (χ4n) is 3.04. The first-order chi connectivity index (χ1) is 12.5. The Kier molecular flexibility index (Phi) is 3.93. The van der Waals surface area contributed by atoms with Gasteiger partial charge in [0.05, 0.1) is 12.0 Å². The second-order valence-corrected chi connectivity index (χ2v) is 7.98. The number of imidazole rings is 1. The molecule has 0 aliphatic heterocycles. The molecule has 0 spiro atoms. The van der Waals surface area contributed by atoms with E-state index in [9.17, 15) is 8.42 Å². The third-order valence-electron chi connectivity index (χ3n) is 4.28. The molecule has 0 saturated heterocycles. The van der Waals surface area contributed by atoms with E-state index >= 15 is 0 Å². The van der Waals surface area contributed by atoms with E-state index in [1.807, 2.05) is 43.6 Å². The summed E-state index contributed by atoms with van der Waals surface area (Å²) in [6.07, 6.45) is 6.50. The van der Waals surface area contributed by atoms with E-state index in [1.165, 1.54) is 16.5 Å². The first-order valence-corrected chi connectivity index (χ1v) is 9.60. The molecule has 7 nitrogen and oxygen atoms in total. The van der Waals surface area contributed by atoms with Crippen LogP contribution in [0.25, 0.3) is 22.2 Å². The minimum Gasteiger partial charge on any atom is -0.361 e. The quantitative estimate of drug-likeness (QED) is 0.565. The Labute approximate surface area is 151 Å². The zero-order valence-electron chi connectivity index (χ0n) is 14.5. The molecule has 8 heteroatoms. The number of benzene rings is 1. The molecule has 0 aliphatic carbocycles. The summed E-state index contributed by atoms with van der Waals surface area (Å²) in [6.45, 7) is 0.574. The van der Waals surface area contributed by atoms with Crippen LogP contribution in [0.1, 0.15) is 5.56 Å². The van der Waals surface area contributed by atoms with Crippen LogP contribution in [0.5, 0.6) is 0 Å². The van der Waals surface area contributed by atoms with Crippen LogP contribution in [-0.2, 0) is 23.6 Å². The second kappa shape index (κ2) is 6.15. The number of nitrogens with zero attached hydrogens (tertiary/aromatic N) is 3. The Morgan fingerprint density at radius 2 is 2.04 bits per heavy atom. The molecule has 3 heterocycles. The lowest BCUT2D eigenvalue weighted by molar-refractivity contribution is 0.584. The minimum absolute atomic E-state index is 0.0237. The second-order valence-electron chi connectivity index (χ2n) is 6.22. The largest absolute Gasteiger partial charge is 0.361 e. The highest BCUT2D eigenvalue weighted by Crippen LogP contribution is 2.29. The average molecular weight is 369 g/mol. The minimum atomic E-state index is -3.79. The summed E-state index contributed by atoms with van der Waals surface area (Å²) < 4.78 is 29.2. The first-order valence-electron chi connectivity index (χ1n) is 8.16. The topological polar surface area (TPSA) is 84.7 Å². The maximum absolute atomic E-state index is 13.1. The summed E-state index contributed by atoms with van der Waals surface area (Å²) >= 11 is 0. The van der Waals surface area contributed by atoms with Gasteiger partial charge in [0.25, 0.3) is 10.0 Å². The van der Waals surface area contributed by atoms with Crippen molar-refractivity contribution in [3.63, 3.8) is 0 Å². The van der Waals surface area contributed by atoms with Crippen LogP contribution in [0.4, 0.5) is 0 Å². The molecule has 0 bridgehead atoms. The van der Waals surface area contributed by atoms with E-state index in [0.29, 0.717) is 12.2 Å². The molecule has 0 saturated carbocycles. The van der Waals surface area contributed by atoms with Crippen LogP contribution in [0.15, 0.2) is 60.3 Å². The highest BCUT2D eigenvalue weighted by Gasteiger charge is 2.24. The molecule has 0 atom stereocenters. The number of hydrogen-bond donors (Lipinski definition) is 2. The molecule has 4 rings (SSSR count). The summed E-state index contributed by atoms with van der Waals surface area (Å²) in [5.41, 5.74) is 3.34. The summed E-state index contributed by atoms with van der Waals surface area (Å²) in [7, 11) is -0.211. The number of rotatable bonds is 5. The molecule has 134 valence electrons. The van der Waals surface area contributed by atoms with E-state index in [1.54, 1.807) is 17.8 Å². The number of aromatic amines is 1. The molecular weight excluding hydrogens is 350 g/mol. The van der Waals surface area contributed by atoms with Gasteiger partial charge in [0.2, 0.25) is 0 Å². The van der Waals surface area contributed by atoms with Gasteiger partial charge in [-0.1, -0.05) is 6.07 Å². The third kappa shape index (κ3) is 2.73. The molecule has 0 fully saturated rings. The van der Waals surface area contributed by atoms with Crippen molar-refractivity contribution in [2.24, 2.45) is 7.05 Å². The number of fused-ring (bicyclic) bond motifs is 1. The lowest BCUT2D eigenvalue weighted by Crippen LogP contribution is -2.14. The van der Waals surface area contributed by atoms with E-state index in [0.717, 1.165) is 22.0 Å². The fraction of sp³-hybridized carbons (Fsp3) is 0.167. The normalized spacial score (nSPS) is 12.1. The Morgan fingerprint density at radius 3 is 2.77 bits per heavy atom. The van der Waals surface area contributed by atoms with Gasteiger partial charge in [-0.15, -0.1) is 0 Å². The summed E-state index contributed by atoms with van der Waals surface area (Å²) in [6, 6.07) is 9.71. The third-order valence-corrected chi connectivity index (χ3v) is 5.84. The monoisotopic (exact) mass is 369 g/mol. The van der Waals surface area contributed by atoms with Crippen molar-refractivity contribution in [2.45, 2.75) is 11.6 Å². The molecule has 3 aromatic heterocycles. The SMILES string of the molecule is CNCc1cc(-c2ccc3[nH]ccc3c2)n(S(=O)(=O)c2cn(C)cn2)c1. The summed E-state index contributed by atoms with van der Waals surface area (Å²) in [4.78, 5) is 7.18. The van der Waals surface area contributed by atoms with E-state index in [2.05, 4.69) is 15.3 Å². The molecule has 26 heavy (non-hydrogen) atoms. The maximum atomic E-state index is 13.1. The predicted molar refractivity (Wildman–Crippen MR) is 100 cm³/mol. The smallest absolute Gasteiger partial charge is 0.287 e. The van der Waals surface area contributed by atoms with Crippen molar-refractivity contribution in [3.05, 3.63) is 60.8 Å². The van der Waals surface area contributed by atoms with Crippen molar-refractivity contribution >= 4 is 20.9 Å². The van der Waals surface area contributed by atoms with E-state index in [-0.39, 0.29) is 5.03 Å². The Morgan fingerprint density at radius 1 is 1.19 bits per heavy atom. The Balaban J connectivity index is 1.91. The van der Waals surface area contributed by atoms with Crippen molar-refractivity contribution in [2.75, 3.05) is 7.05 Å².